The molecule has 8 heteroatoms. The molecular weight excluding hydrogens is 324 g/mol. The predicted molar refractivity (Wildman–Crippen MR) is 95.0 cm³/mol. The number of imidazole rings is 1. The second-order valence-corrected chi connectivity index (χ2v) is 5.47. The molecule has 0 radical (unpaired) electrons. The summed E-state index contributed by atoms with van der Waals surface area (Å²) in [5, 5.41) is 0. The number of H-pyrrole nitrogens is 1. The van der Waals surface area contributed by atoms with Crippen molar-refractivity contribution in [3.05, 3.63) is 50.4 Å². The summed E-state index contributed by atoms with van der Waals surface area (Å²) in [6, 6.07) is 5.45. The standard InChI is InChI=1S/C17H18N4O4/c1-20-15-14(16(22)21(2)17(20)23)18-13(19-15)8-6-10-5-7-11(24-3)9-12(10)25-4/h5-9H,1-4H3,(H,18,19). The minimum absolute atomic E-state index is 0.283. The van der Waals surface area contributed by atoms with Crippen LogP contribution in [0.2, 0.25) is 0 Å². The molecule has 0 aliphatic carbocycles. The fourth-order valence-electron chi connectivity index (χ4n) is 2.55. The first kappa shape index (κ1) is 16.6. The number of nitrogens with zero attached hydrogens (tertiary/aromatic N) is 3. The quantitative estimate of drug-likeness (QED) is 0.768. The number of rotatable bonds is 4. The lowest BCUT2D eigenvalue weighted by atomic mass is 10.1. The van der Waals surface area contributed by atoms with Gasteiger partial charge in [-0.25, -0.2) is 9.78 Å². The van der Waals surface area contributed by atoms with E-state index in [2.05, 4.69) is 9.97 Å². The summed E-state index contributed by atoms with van der Waals surface area (Å²) in [6.45, 7) is 0. The van der Waals surface area contributed by atoms with Gasteiger partial charge in [0.15, 0.2) is 5.65 Å². The van der Waals surface area contributed by atoms with Gasteiger partial charge in [-0.05, 0) is 24.3 Å². The predicted octanol–water partition coefficient (Wildman–Crippen LogP) is 1.15. The zero-order chi connectivity index (χ0) is 18.1. The summed E-state index contributed by atoms with van der Waals surface area (Å²) in [7, 11) is 6.17. The van der Waals surface area contributed by atoms with Crippen LogP contribution < -0.4 is 20.7 Å². The summed E-state index contributed by atoms with van der Waals surface area (Å²) in [5.41, 5.74) is 0.592. The molecule has 0 unspecified atom stereocenters. The monoisotopic (exact) mass is 342 g/mol. The normalized spacial score (nSPS) is 11.4. The van der Waals surface area contributed by atoms with Gasteiger partial charge in [-0.3, -0.25) is 13.9 Å². The van der Waals surface area contributed by atoms with Crippen molar-refractivity contribution in [2.75, 3.05) is 14.2 Å². The van der Waals surface area contributed by atoms with Crippen molar-refractivity contribution in [1.82, 2.24) is 19.1 Å². The van der Waals surface area contributed by atoms with Gasteiger partial charge in [0, 0.05) is 25.7 Å². The van der Waals surface area contributed by atoms with Gasteiger partial charge in [-0.1, -0.05) is 0 Å². The minimum Gasteiger partial charge on any atom is -0.497 e. The van der Waals surface area contributed by atoms with E-state index in [-0.39, 0.29) is 5.52 Å². The Morgan fingerprint density at radius 2 is 1.84 bits per heavy atom. The SMILES string of the molecule is COc1ccc(C=Cc2nc3c([nH]2)c(=O)n(C)c(=O)n3C)c(OC)c1. The third-order valence-corrected chi connectivity index (χ3v) is 3.97. The van der Waals surface area contributed by atoms with Gasteiger partial charge in [0.2, 0.25) is 0 Å². The minimum atomic E-state index is -0.420. The highest BCUT2D eigenvalue weighted by molar-refractivity contribution is 5.76. The molecule has 0 aliphatic rings. The van der Waals surface area contributed by atoms with Crippen molar-refractivity contribution in [1.29, 1.82) is 0 Å². The summed E-state index contributed by atoms with van der Waals surface area (Å²) >= 11 is 0. The molecular formula is C17H18N4O4. The molecule has 0 aliphatic heterocycles. The smallest absolute Gasteiger partial charge is 0.332 e. The van der Waals surface area contributed by atoms with Crippen molar-refractivity contribution in [3.63, 3.8) is 0 Å². The molecule has 0 saturated heterocycles. The highest BCUT2D eigenvalue weighted by atomic mass is 16.5. The van der Waals surface area contributed by atoms with Crippen molar-refractivity contribution < 1.29 is 9.47 Å². The molecule has 0 amide bonds. The van der Waals surface area contributed by atoms with Crippen LogP contribution in [-0.4, -0.2) is 33.3 Å². The molecule has 0 saturated carbocycles. The molecule has 2 heterocycles. The Hall–Kier alpha value is -3.29. The van der Waals surface area contributed by atoms with E-state index >= 15 is 0 Å². The topological polar surface area (TPSA) is 91.1 Å². The molecule has 130 valence electrons. The molecule has 8 nitrogen and oxygen atoms in total. The first-order valence-corrected chi connectivity index (χ1v) is 7.52. The molecule has 3 aromatic rings. The number of ether oxygens (including phenoxy) is 2. The first-order chi connectivity index (χ1) is 12.0. The van der Waals surface area contributed by atoms with Crippen LogP contribution in [0.25, 0.3) is 23.3 Å². The molecule has 0 atom stereocenters. The van der Waals surface area contributed by atoms with Crippen LogP contribution in [0.5, 0.6) is 11.5 Å². The van der Waals surface area contributed by atoms with Gasteiger partial charge in [0.25, 0.3) is 5.56 Å². The Kier molecular flexibility index (Phi) is 4.18. The molecule has 1 aromatic carbocycles. The van der Waals surface area contributed by atoms with Crippen LogP contribution in [0.3, 0.4) is 0 Å². The van der Waals surface area contributed by atoms with Crippen LogP contribution in [0.4, 0.5) is 0 Å². The Morgan fingerprint density at radius 1 is 1.08 bits per heavy atom. The Balaban J connectivity index is 2.06. The maximum absolute atomic E-state index is 12.2. The number of aryl methyl sites for hydroxylation is 1. The van der Waals surface area contributed by atoms with E-state index in [1.807, 2.05) is 12.1 Å². The number of hydrogen-bond donors (Lipinski definition) is 1. The zero-order valence-electron chi connectivity index (χ0n) is 14.4. The number of methoxy groups -OCH3 is 2. The molecule has 25 heavy (non-hydrogen) atoms. The van der Waals surface area contributed by atoms with E-state index < -0.39 is 11.2 Å². The summed E-state index contributed by atoms with van der Waals surface area (Å²) < 4.78 is 12.9. The molecule has 2 aromatic heterocycles. The maximum atomic E-state index is 12.2. The average molecular weight is 342 g/mol. The molecule has 0 bridgehead atoms. The van der Waals surface area contributed by atoms with Crippen LogP contribution in [-0.2, 0) is 14.1 Å². The van der Waals surface area contributed by atoms with Gasteiger partial charge in [0.05, 0.1) is 14.2 Å². The molecule has 0 spiro atoms. The number of hydrogen-bond acceptors (Lipinski definition) is 5. The Bertz CT molecular complexity index is 1090. The lowest BCUT2D eigenvalue weighted by molar-refractivity contribution is 0.394. The highest BCUT2D eigenvalue weighted by Gasteiger charge is 2.12. The second-order valence-electron chi connectivity index (χ2n) is 5.47. The van der Waals surface area contributed by atoms with E-state index in [1.165, 1.54) is 11.6 Å². The Morgan fingerprint density at radius 3 is 2.52 bits per heavy atom. The maximum Gasteiger partial charge on any atom is 0.332 e. The van der Waals surface area contributed by atoms with E-state index in [9.17, 15) is 9.59 Å². The molecule has 1 N–H and O–H groups in total. The third-order valence-electron chi connectivity index (χ3n) is 3.97. The lowest BCUT2D eigenvalue weighted by Gasteiger charge is -2.06. The average Bonchev–Trinajstić information content (AvgIpc) is 3.07. The highest BCUT2D eigenvalue weighted by Crippen LogP contribution is 2.26. The third kappa shape index (κ3) is 2.82. The second kappa shape index (κ2) is 6.31. The van der Waals surface area contributed by atoms with E-state index in [0.717, 1.165) is 10.1 Å². The van der Waals surface area contributed by atoms with Crippen LogP contribution >= 0.6 is 0 Å². The van der Waals surface area contributed by atoms with E-state index in [4.69, 9.17) is 9.47 Å². The van der Waals surface area contributed by atoms with Crippen LogP contribution in [0, 0.1) is 0 Å². The van der Waals surface area contributed by atoms with Crippen LogP contribution in [0.1, 0.15) is 11.4 Å². The number of benzene rings is 1. The van der Waals surface area contributed by atoms with Gasteiger partial charge in [0.1, 0.15) is 22.8 Å². The number of nitrogens with one attached hydrogen (secondary N) is 1. The number of aromatic amines is 1. The summed E-state index contributed by atoms with van der Waals surface area (Å²) in [6.07, 6.45) is 3.52. The molecule has 3 rings (SSSR count). The largest absolute Gasteiger partial charge is 0.497 e. The summed E-state index contributed by atoms with van der Waals surface area (Å²) in [5.74, 6) is 1.80. The van der Waals surface area contributed by atoms with Gasteiger partial charge in [-0.15, -0.1) is 0 Å². The van der Waals surface area contributed by atoms with Crippen molar-refractivity contribution >= 4 is 23.3 Å². The van der Waals surface area contributed by atoms with E-state index in [1.54, 1.807) is 39.5 Å². The van der Waals surface area contributed by atoms with Crippen molar-refractivity contribution in [2.24, 2.45) is 14.1 Å². The Labute approximate surface area is 143 Å². The fraction of sp³-hybridized carbons (Fsp3) is 0.235. The van der Waals surface area contributed by atoms with Gasteiger partial charge in [-0.2, -0.15) is 0 Å². The summed E-state index contributed by atoms with van der Waals surface area (Å²) in [4.78, 5) is 31.4. The molecule has 0 fully saturated rings. The lowest BCUT2D eigenvalue weighted by Crippen LogP contribution is -2.36. The van der Waals surface area contributed by atoms with Gasteiger partial charge < -0.3 is 14.5 Å². The van der Waals surface area contributed by atoms with Crippen molar-refractivity contribution in [3.8, 4) is 11.5 Å². The zero-order valence-corrected chi connectivity index (χ0v) is 14.4. The fourth-order valence-corrected chi connectivity index (χ4v) is 2.55. The number of aromatic nitrogens is 4. The van der Waals surface area contributed by atoms with Gasteiger partial charge >= 0.3 is 5.69 Å². The first-order valence-electron chi connectivity index (χ1n) is 7.52. The van der Waals surface area contributed by atoms with E-state index in [0.29, 0.717) is 23.0 Å². The number of fused-ring (bicyclic) bond motifs is 1. The van der Waals surface area contributed by atoms with Crippen LogP contribution in [0.15, 0.2) is 27.8 Å². The van der Waals surface area contributed by atoms with Crippen molar-refractivity contribution in [2.45, 2.75) is 0 Å².